The number of aromatic nitrogens is 3. The Balaban J connectivity index is 1.82. The van der Waals surface area contributed by atoms with E-state index in [4.69, 9.17) is 0 Å². The molecule has 3 aromatic heterocycles. The SMILES string of the molecule is O=c1sc2ccccc2n1C(n1c(=O)sc2ccccc21)n1c(=O)sc2ccccc21. The van der Waals surface area contributed by atoms with Gasteiger partial charge in [-0.05, 0) is 36.4 Å². The minimum absolute atomic E-state index is 0.226. The molecule has 3 aromatic carbocycles. The summed E-state index contributed by atoms with van der Waals surface area (Å²) in [5, 5.41) is 0. The van der Waals surface area contributed by atoms with Gasteiger partial charge in [0.2, 0.25) is 6.29 Å². The summed E-state index contributed by atoms with van der Waals surface area (Å²) >= 11 is 3.32. The highest BCUT2D eigenvalue weighted by Gasteiger charge is 2.28. The van der Waals surface area contributed by atoms with Crippen LogP contribution in [0, 0.1) is 0 Å². The van der Waals surface area contributed by atoms with Gasteiger partial charge in [-0.1, -0.05) is 70.4 Å². The van der Waals surface area contributed by atoms with Gasteiger partial charge in [0, 0.05) is 0 Å². The van der Waals surface area contributed by atoms with Crippen molar-refractivity contribution in [2.75, 3.05) is 0 Å². The fourth-order valence-electron chi connectivity index (χ4n) is 3.95. The number of fused-ring (bicyclic) bond motifs is 3. The number of thiazole rings is 3. The molecule has 0 fully saturated rings. The van der Waals surface area contributed by atoms with Crippen LogP contribution in [-0.4, -0.2) is 13.7 Å². The van der Waals surface area contributed by atoms with E-state index in [1.54, 1.807) is 13.7 Å². The van der Waals surface area contributed by atoms with E-state index in [1.165, 1.54) is 0 Å². The Labute approximate surface area is 186 Å². The zero-order chi connectivity index (χ0) is 21.1. The van der Waals surface area contributed by atoms with Crippen LogP contribution in [0.15, 0.2) is 87.2 Å². The first-order valence-electron chi connectivity index (χ1n) is 9.44. The topological polar surface area (TPSA) is 66.0 Å². The Hall–Kier alpha value is -3.27. The lowest BCUT2D eigenvalue weighted by molar-refractivity contribution is 0.384. The molecule has 9 heteroatoms. The Bertz CT molecular complexity index is 1570. The van der Waals surface area contributed by atoms with Gasteiger partial charge in [0.1, 0.15) is 0 Å². The number of hydrogen-bond donors (Lipinski definition) is 0. The monoisotopic (exact) mass is 463 g/mol. The van der Waals surface area contributed by atoms with Crippen molar-refractivity contribution in [3.8, 4) is 0 Å². The first-order valence-corrected chi connectivity index (χ1v) is 11.9. The van der Waals surface area contributed by atoms with Crippen molar-refractivity contribution >= 4 is 64.7 Å². The first kappa shape index (κ1) is 18.5. The zero-order valence-electron chi connectivity index (χ0n) is 15.8. The van der Waals surface area contributed by atoms with Gasteiger partial charge in [-0.3, -0.25) is 28.1 Å². The van der Waals surface area contributed by atoms with Gasteiger partial charge in [-0.25, -0.2) is 0 Å². The molecule has 0 saturated heterocycles. The van der Waals surface area contributed by atoms with Crippen LogP contribution in [0.2, 0.25) is 0 Å². The second-order valence-corrected chi connectivity index (χ2v) is 9.94. The second-order valence-electron chi connectivity index (χ2n) is 6.96. The number of hydrogen-bond acceptors (Lipinski definition) is 6. The summed E-state index contributed by atoms with van der Waals surface area (Å²) in [5.74, 6) is 0. The van der Waals surface area contributed by atoms with E-state index in [-0.39, 0.29) is 14.6 Å². The van der Waals surface area contributed by atoms with E-state index in [1.807, 2.05) is 72.8 Å². The predicted molar refractivity (Wildman–Crippen MR) is 128 cm³/mol. The average Bonchev–Trinajstić information content (AvgIpc) is 3.39. The molecular weight excluding hydrogens is 450 g/mol. The number of nitrogens with zero attached hydrogens (tertiary/aromatic N) is 3. The summed E-state index contributed by atoms with van der Waals surface area (Å²) in [5.41, 5.74) is 2.06. The highest BCUT2D eigenvalue weighted by Crippen LogP contribution is 2.29. The van der Waals surface area contributed by atoms with Crippen molar-refractivity contribution < 1.29 is 0 Å². The maximum absolute atomic E-state index is 13.2. The molecule has 0 unspecified atom stereocenters. The van der Waals surface area contributed by atoms with E-state index in [0.717, 1.165) is 48.1 Å². The third kappa shape index (κ3) is 2.71. The van der Waals surface area contributed by atoms with Crippen molar-refractivity contribution in [1.29, 1.82) is 0 Å². The van der Waals surface area contributed by atoms with Gasteiger partial charge >= 0.3 is 14.6 Å². The third-order valence-electron chi connectivity index (χ3n) is 5.25. The van der Waals surface area contributed by atoms with Crippen molar-refractivity contribution in [3.05, 3.63) is 102 Å². The molecule has 0 spiro atoms. The lowest BCUT2D eigenvalue weighted by Gasteiger charge is -2.22. The van der Waals surface area contributed by atoms with Crippen LogP contribution in [0.3, 0.4) is 0 Å². The number of benzene rings is 3. The molecule has 0 saturated carbocycles. The Kier molecular flexibility index (Phi) is 4.10. The molecule has 6 aromatic rings. The van der Waals surface area contributed by atoms with Crippen molar-refractivity contribution in [3.63, 3.8) is 0 Å². The Morgan fingerprint density at radius 1 is 0.484 bits per heavy atom. The van der Waals surface area contributed by atoms with E-state index in [0.29, 0.717) is 16.6 Å². The minimum Gasteiger partial charge on any atom is -0.258 e. The second kappa shape index (κ2) is 6.88. The van der Waals surface area contributed by atoms with Crippen molar-refractivity contribution in [2.45, 2.75) is 6.29 Å². The molecular formula is C22H13N3O3S3. The smallest absolute Gasteiger partial charge is 0.258 e. The Morgan fingerprint density at radius 3 is 1.10 bits per heavy atom. The summed E-state index contributed by atoms with van der Waals surface area (Å²) in [6.07, 6.45) is -0.948. The standard InChI is InChI=1S/C22H13N3O3S3/c26-20-23(13-7-1-4-10-16(13)29-20)19(24-14-8-2-5-11-17(14)30-21(24)27)25-15-9-3-6-12-18(15)31-22(25)28/h1-12,19H. The van der Waals surface area contributed by atoms with Crippen LogP contribution in [0.5, 0.6) is 0 Å². The van der Waals surface area contributed by atoms with E-state index < -0.39 is 6.29 Å². The third-order valence-corrected chi connectivity index (χ3v) is 8.06. The van der Waals surface area contributed by atoms with Gasteiger partial charge in [0.15, 0.2) is 0 Å². The maximum Gasteiger partial charge on any atom is 0.311 e. The largest absolute Gasteiger partial charge is 0.311 e. The van der Waals surface area contributed by atoms with Gasteiger partial charge in [-0.2, -0.15) is 0 Å². The summed E-state index contributed by atoms with van der Waals surface area (Å²) < 4.78 is 7.08. The molecule has 0 atom stereocenters. The summed E-state index contributed by atoms with van der Waals surface area (Å²) in [6.45, 7) is 0. The molecule has 31 heavy (non-hydrogen) atoms. The van der Waals surface area contributed by atoms with Crippen LogP contribution < -0.4 is 14.6 Å². The van der Waals surface area contributed by atoms with Crippen molar-refractivity contribution in [2.24, 2.45) is 0 Å². The molecule has 6 rings (SSSR count). The van der Waals surface area contributed by atoms with Crippen molar-refractivity contribution in [1.82, 2.24) is 13.7 Å². The molecule has 0 bridgehead atoms. The van der Waals surface area contributed by atoms with Crippen LogP contribution in [0.4, 0.5) is 0 Å². The van der Waals surface area contributed by atoms with E-state index in [2.05, 4.69) is 0 Å². The lowest BCUT2D eigenvalue weighted by Crippen LogP contribution is -2.39. The molecule has 0 aliphatic rings. The average molecular weight is 464 g/mol. The molecule has 0 N–H and O–H groups in total. The normalized spacial score (nSPS) is 11.9. The predicted octanol–water partition coefficient (Wildman–Crippen LogP) is 4.37. The van der Waals surface area contributed by atoms with Gasteiger partial charge in [-0.15, -0.1) is 0 Å². The fourth-order valence-corrected chi connectivity index (χ4v) is 6.64. The minimum atomic E-state index is -0.948. The molecule has 0 amide bonds. The van der Waals surface area contributed by atoms with E-state index in [9.17, 15) is 14.4 Å². The van der Waals surface area contributed by atoms with Crippen LogP contribution >= 0.6 is 34.0 Å². The molecule has 6 nitrogen and oxygen atoms in total. The summed E-state index contributed by atoms with van der Waals surface area (Å²) in [6, 6.07) is 22.3. The summed E-state index contributed by atoms with van der Waals surface area (Å²) in [4.78, 5) is 39.0. The summed E-state index contributed by atoms with van der Waals surface area (Å²) in [7, 11) is 0. The highest BCUT2D eigenvalue weighted by molar-refractivity contribution is 7.17. The maximum atomic E-state index is 13.2. The van der Waals surface area contributed by atoms with Gasteiger partial charge in [0.05, 0.1) is 30.6 Å². The van der Waals surface area contributed by atoms with E-state index >= 15 is 0 Å². The quantitative estimate of drug-likeness (QED) is 0.392. The zero-order valence-corrected chi connectivity index (χ0v) is 18.2. The van der Waals surface area contributed by atoms with Gasteiger partial charge in [0.25, 0.3) is 0 Å². The van der Waals surface area contributed by atoms with Crippen LogP contribution in [0.1, 0.15) is 6.29 Å². The number of rotatable bonds is 3. The van der Waals surface area contributed by atoms with Gasteiger partial charge < -0.3 is 0 Å². The number of para-hydroxylation sites is 3. The molecule has 3 heterocycles. The molecule has 0 aliphatic heterocycles. The first-order chi connectivity index (χ1) is 15.1. The fraction of sp³-hybridized carbons (Fsp3) is 0.0455. The molecule has 0 aliphatic carbocycles. The van der Waals surface area contributed by atoms with Crippen LogP contribution in [-0.2, 0) is 0 Å². The van der Waals surface area contributed by atoms with Crippen LogP contribution in [0.25, 0.3) is 30.6 Å². The lowest BCUT2D eigenvalue weighted by atomic mass is 10.3. The molecule has 152 valence electrons. The molecule has 0 radical (unpaired) electrons. The highest BCUT2D eigenvalue weighted by atomic mass is 32.1. The Morgan fingerprint density at radius 2 is 0.774 bits per heavy atom.